The molecule has 1 heterocycles. The highest BCUT2D eigenvalue weighted by atomic mass is 16.7. The molecule has 9 heteroatoms. The Kier molecular flexibility index (Phi) is 9.34. The first kappa shape index (κ1) is 25.9. The molecule has 3 rings (SSSR count). The Balaban J connectivity index is 1.47. The van der Waals surface area contributed by atoms with Crippen molar-refractivity contribution >= 4 is 18.0 Å². The van der Waals surface area contributed by atoms with E-state index in [9.17, 15) is 14.4 Å². The van der Waals surface area contributed by atoms with E-state index in [4.69, 9.17) is 18.9 Å². The van der Waals surface area contributed by atoms with Gasteiger partial charge in [-0.2, -0.15) is 0 Å². The van der Waals surface area contributed by atoms with Crippen LogP contribution in [0.3, 0.4) is 0 Å². The number of hydrogen-bond acceptors (Lipinski definition) is 7. The van der Waals surface area contributed by atoms with E-state index in [1.165, 1.54) is 0 Å². The summed E-state index contributed by atoms with van der Waals surface area (Å²) in [6.07, 6.45) is 0.197. The van der Waals surface area contributed by atoms with Crippen molar-refractivity contribution in [2.75, 3.05) is 46.5 Å². The molecule has 0 aromatic heterocycles. The zero-order valence-corrected chi connectivity index (χ0v) is 20.5. The van der Waals surface area contributed by atoms with Crippen LogP contribution in [0.2, 0.25) is 0 Å². The van der Waals surface area contributed by atoms with Gasteiger partial charge >= 0.3 is 6.16 Å². The van der Waals surface area contributed by atoms with E-state index in [0.29, 0.717) is 68.4 Å². The molecular weight excluding hydrogens is 452 g/mol. The minimum atomic E-state index is -0.783. The van der Waals surface area contributed by atoms with E-state index in [1.807, 2.05) is 25.1 Å². The average molecular weight is 485 g/mol. The van der Waals surface area contributed by atoms with E-state index < -0.39 is 6.16 Å². The lowest BCUT2D eigenvalue weighted by Crippen LogP contribution is -2.50. The molecule has 1 aliphatic rings. The van der Waals surface area contributed by atoms with Gasteiger partial charge in [0, 0.05) is 38.2 Å². The number of aryl methyl sites for hydroxylation is 1. The molecule has 35 heavy (non-hydrogen) atoms. The summed E-state index contributed by atoms with van der Waals surface area (Å²) < 4.78 is 20.7. The number of carbonyl (C=O) groups excluding carboxylic acids is 3. The first-order valence-electron chi connectivity index (χ1n) is 11.8. The van der Waals surface area contributed by atoms with Crippen LogP contribution in [0.5, 0.6) is 17.2 Å². The number of nitrogens with zero attached hydrogens (tertiary/aromatic N) is 2. The van der Waals surface area contributed by atoms with Crippen LogP contribution in [0, 0.1) is 0 Å². The van der Waals surface area contributed by atoms with Crippen molar-refractivity contribution in [3.63, 3.8) is 0 Å². The summed E-state index contributed by atoms with van der Waals surface area (Å²) in [5.74, 6) is 1.59. The number of carbonyl (C=O) groups is 3. The average Bonchev–Trinajstić information content (AvgIpc) is 2.88. The summed E-state index contributed by atoms with van der Waals surface area (Å²) in [4.78, 5) is 40.5. The van der Waals surface area contributed by atoms with E-state index in [0.717, 1.165) is 5.56 Å². The van der Waals surface area contributed by atoms with Gasteiger partial charge in [0.1, 0.15) is 5.75 Å². The maximum Gasteiger partial charge on any atom is 0.513 e. The fourth-order valence-corrected chi connectivity index (χ4v) is 3.80. The van der Waals surface area contributed by atoms with E-state index in [1.54, 1.807) is 48.1 Å². The Morgan fingerprint density at radius 3 is 2.17 bits per heavy atom. The molecule has 0 N–H and O–H groups in total. The minimum absolute atomic E-state index is 0.0606. The van der Waals surface area contributed by atoms with Crippen molar-refractivity contribution in [2.24, 2.45) is 0 Å². The van der Waals surface area contributed by atoms with Gasteiger partial charge in [-0.15, -0.1) is 0 Å². The van der Waals surface area contributed by atoms with Gasteiger partial charge in [-0.05, 0) is 62.2 Å². The largest absolute Gasteiger partial charge is 0.513 e. The molecule has 0 saturated carbocycles. The van der Waals surface area contributed by atoms with Crippen LogP contribution in [0.15, 0.2) is 42.5 Å². The molecule has 1 aliphatic heterocycles. The molecule has 1 fully saturated rings. The molecular formula is C26H32N2O7. The third-order valence-corrected chi connectivity index (χ3v) is 5.64. The molecule has 2 amide bonds. The van der Waals surface area contributed by atoms with Crippen molar-refractivity contribution in [3.8, 4) is 17.2 Å². The van der Waals surface area contributed by atoms with E-state index in [-0.39, 0.29) is 18.4 Å². The second-order valence-corrected chi connectivity index (χ2v) is 7.90. The maximum absolute atomic E-state index is 12.8. The summed E-state index contributed by atoms with van der Waals surface area (Å²) in [6.45, 7) is 6.28. The zero-order valence-electron chi connectivity index (χ0n) is 20.5. The number of piperazine rings is 1. The van der Waals surface area contributed by atoms with Gasteiger partial charge in [0.2, 0.25) is 5.91 Å². The predicted molar refractivity (Wildman–Crippen MR) is 129 cm³/mol. The van der Waals surface area contributed by atoms with Crippen LogP contribution in [-0.4, -0.2) is 74.3 Å². The number of rotatable bonds is 9. The molecule has 0 atom stereocenters. The van der Waals surface area contributed by atoms with Crippen molar-refractivity contribution < 1.29 is 33.3 Å². The van der Waals surface area contributed by atoms with Crippen LogP contribution in [-0.2, 0) is 16.0 Å². The minimum Gasteiger partial charge on any atom is -0.493 e. The third-order valence-electron chi connectivity index (χ3n) is 5.64. The standard InChI is InChI=1S/C26H32N2O7/c1-4-33-22-12-6-19(18-23(22)32-3)7-13-24(29)27-14-16-28(17-15-27)25(30)20-8-10-21(11-9-20)35-26(31)34-5-2/h6,8-12,18H,4-5,7,13-17H2,1-3H3. The lowest BCUT2D eigenvalue weighted by molar-refractivity contribution is -0.132. The van der Waals surface area contributed by atoms with Gasteiger partial charge in [-0.25, -0.2) is 4.79 Å². The highest BCUT2D eigenvalue weighted by Gasteiger charge is 2.25. The summed E-state index contributed by atoms with van der Waals surface area (Å²) >= 11 is 0. The molecule has 2 aromatic rings. The summed E-state index contributed by atoms with van der Waals surface area (Å²) in [5.41, 5.74) is 1.49. The van der Waals surface area contributed by atoms with E-state index in [2.05, 4.69) is 0 Å². The predicted octanol–water partition coefficient (Wildman–Crippen LogP) is 3.55. The molecule has 0 bridgehead atoms. The SMILES string of the molecule is CCOC(=O)Oc1ccc(C(=O)N2CCN(C(=O)CCc3ccc(OCC)c(OC)c3)CC2)cc1. The zero-order chi connectivity index (χ0) is 25.2. The van der Waals surface area contributed by atoms with Crippen LogP contribution in [0.25, 0.3) is 0 Å². The van der Waals surface area contributed by atoms with Gasteiger partial charge in [0.15, 0.2) is 11.5 Å². The first-order chi connectivity index (χ1) is 16.9. The summed E-state index contributed by atoms with van der Waals surface area (Å²) in [7, 11) is 1.60. The van der Waals surface area contributed by atoms with Gasteiger partial charge in [0.05, 0.1) is 20.3 Å². The summed E-state index contributed by atoms with van der Waals surface area (Å²) in [5, 5.41) is 0. The van der Waals surface area contributed by atoms with Gasteiger partial charge in [-0.3, -0.25) is 9.59 Å². The van der Waals surface area contributed by atoms with E-state index >= 15 is 0 Å². The normalized spacial score (nSPS) is 13.2. The maximum atomic E-state index is 12.8. The fourth-order valence-electron chi connectivity index (χ4n) is 3.80. The van der Waals surface area contributed by atoms with Crippen molar-refractivity contribution in [2.45, 2.75) is 26.7 Å². The molecule has 0 radical (unpaired) electrons. The Bertz CT molecular complexity index is 1010. The Hall–Kier alpha value is -3.75. The van der Waals surface area contributed by atoms with Crippen molar-refractivity contribution in [1.29, 1.82) is 0 Å². The number of hydrogen-bond donors (Lipinski definition) is 0. The number of amides is 2. The van der Waals surface area contributed by atoms with Crippen molar-refractivity contribution in [3.05, 3.63) is 53.6 Å². The Morgan fingerprint density at radius 2 is 1.54 bits per heavy atom. The number of ether oxygens (including phenoxy) is 4. The number of benzene rings is 2. The lowest BCUT2D eigenvalue weighted by Gasteiger charge is -2.35. The smallest absolute Gasteiger partial charge is 0.493 e. The fraction of sp³-hybridized carbons (Fsp3) is 0.423. The van der Waals surface area contributed by atoms with Crippen LogP contribution in [0.1, 0.15) is 36.2 Å². The first-order valence-corrected chi connectivity index (χ1v) is 11.8. The van der Waals surface area contributed by atoms with Crippen LogP contribution in [0.4, 0.5) is 4.79 Å². The molecule has 188 valence electrons. The Labute approximate surface area is 205 Å². The quantitative estimate of drug-likeness (QED) is 0.397. The van der Waals surface area contributed by atoms with Crippen molar-refractivity contribution in [1.82, 2.24) is 9.80 Å². The lowest BCUT2D eigenvalue weighted by atomic mass is 10.1. The monoisotopic (exact) mass is 484 g/mol. The third kappa shape index (κ3) is 7.11. The number of methoxy groups -OCH3 is 1. The summed E-state index contributed by atoms with van der Waals surface area (Å²) in [6, 6.07) is 12.0. The van der Waals surface area contributed by atoms with Crippen LogP contribution < -0.4 is 14.2 Å². The molecule has 0 spiro atoms. The topological polar surface area (TPSA) is 94.6 Å². The second kappa shape index (κ2) is 12.6. The molecule has 2 aromatic carbocycles. The molecule has 1 saturated heterocycles. The van der Waals surface area contributed by atoms with Gasteiger partial charge in [-0.1, -0.05) is 6.07 Å². The molecule has 0 aliphatic carbocycles. The Morgan fingerprint density at radius 1 is 0.857 bits per heavy atom. The molecule has 0 unspecified atom stereocenters. The van der Waals surface area contributed by atoms with Crippen LogP contribution >= 0.6 is 0 Å². The van der Waals surface area contributed by atoms with Gasteiger partial charge in [0.25, 0.3) is 5.91 Å². The molecule has 9 nitrogen and oxygen atoms in total. The second-order valence-electron chi connectivity index (χ2n) is 7.90. The highest BCUT2D eigenvalue weighted by molar-refractivity contribution is 5.94. The van der Waals surface area contributed by atoms with Gasteiger partial charge < -0.3 is 28.7 Å². The highest BCUT2D eigenvalue weighted by Crippen LogP contribution is 2.28.